The van der Waals surface area contributed by atoms with Crippen molar-refractivity contribution in [3.63, 3.8) is 0 Å². The summed E-state index contributed by atoms with van der Waals surface area (Å²) in [5.41, 5.74) is 1.46. The topological polar surface area (TPSA) is 95.5 Å². The summed E-state index contributed by atoms with van der Waals surface area (Å²) in [6.07, 6.45) is 3.81. The lowest BCUT2D eigenvalue weighted by atomic mass is 9.97. The Kier molecular flexibility index (Phi) is 8.54. The van der Waals surface area contributed by atoms with Gasteiger partial charge in [-0.3, -0.25) is 14.4 Å². The number of carbonyl (C=O) groups excluding carboxylic acids is 2. The number of nitrogens with one attached hydrogen (secondary N) is 2. The monoisotopic (exact) mass is 334 g/mol. The van der Waals surface area contributed by atoms with Crippen LogP contribution in [0.15, 0.2) is 24.3 Å². The zero-order valence-electron chi connectivity index (χ0n) is 14.3. The minimum atomic E-state index is -1.07. The van der Waals surface area contributed by atoms with E-state index in [1.807, 2.05) is 0 Å². The fraction of sp³-hybridized carbons (Fsp3) is 0.500. The highest BCUT2D eigenvalue weighted by molar-refractivity contribution is 5.92. The van der Waals surface area contributed by atoms with Gasteiger partial charge in [0.1, 0.15) is 6.54 Å². The van der Waals surface area contributed by atoms with Crippen LogP contribution in [0.4, 0.5) is 5.69 Å². The number of benzene rings is 1. The predicted octanol–water partition coefficient (Wildman–Crippen LogP) is 2.58. The van der Waals surface area contributed by atoms with Gasteiger partial charge in [0, 0.05) is 11.6 Å². The molecule has 6 nitrogen and oxygen atoms in total. The fourth-order valence-corrected chi connectivity index (χ4v) is 2.48. The number of anilines is 1. The second kappa shape index (κ2) is 10.4. The van der Waals surface area contributed by atoms with Crippen molar-refractivity contribution in [1.29, 1.82) is 0 Å². The molecule has 132 valence electrons. The molecule has 0 saturated carbocycles. The van der Waals surface area contributed by atoms with E-state index in [9.17, 15) is 14.4 Å². The Bertz CT molecular complexity index is 549. The number of carboxylic acids is 1. The average molecular weight is 334 g/mol. The molecule has 0 fully saturated rings. The molecule has 0 spiro atoms. The maximum atomic E-state index is 12.3. The van der Waals surface area contributed by atoms with Crippen molar-refractivity contribution in [1.82, 2.24) is 5.32 Å². The molecular formula is C18H26N2O4. The van der Waals surface area contributed by atoms with E-state index in [4.69, 9.17) is 5.11 Å². The Hall–Kier alpha value is -2.37. The van der Waals surface area contributed by atoms with Crippen LogP contribution in [-0.4, -0.2) is 29.4 Å². The first-order valence-corrected chi connectivity index (χ1v) is 8.34. The summed E-state index contributed by atoms with van der Waals surface area (Å²) in [4.78, 5) is 34.2. The number of carbonyl (C=O) groups is 3. The molecule has 3 N–H and O–H groups in total. The van der Waals surface area contributed by atoms with Crippen LogP contribution in [0.5, 0.6) is 0 Å². The Morgan fingerprint density at radius 1 is 1.04 bits per heavy atom. The van der Waals surface area contributed by atoms with Crippen LogP contribution in [-0.2, 0) is 20.8 Å². The van der Waals surface area contributed by atoms with Gasteiger partial charge in [0.15, 0.2) is 0 Å². The van der Waals surface area contributed by atoms with Crippen LogP contribution >= 0.6 is 0 Å². The van der Waals surface area contributed by atoms with Crippen LogP contribution in [0.2, 0.25) is 0 Å². The quantitative estimate of drug-likeness (QED) is 0.613. The highest BCUT2D eigenvalue weighted by Gasteiger charge is 2.16. The number of hydrogen-bond donors (Lipinski definition) is 3. The van der Waals surface area contributed by atoms with E-state index in [0.29, 0.717) is 5.69 Å². The van der Waals surface area contributed by atoms with E-state index < -0.39 is 5.97 Å². The number of aliphatic carboxylic acids is 1. The van der Waals surface area contributed by atoms with Crippen molar-refractivity contribution in [2.45, 2.75) is 46.0 Å². The lowest BCUT2D eigenvalue weighted by molar-refractivity contribution is -0.137. The summed E-state index contributed by atoms with van der Waals surface area (Å²) in [5, 5.41) is 13.7. The van der Waals surface area contributed by atoms with E-state index in [1.165, 1.54) is 0 Å². The molecular weight excluding hydrogens is 308 g/mol. The van der Waals surface area contributed by atoms with E-state index in [0.717, 1.165) is 31.2 Å². The Balaban J connectivity index is 2.56. The molecule has 6 heteroatoms. The van der Waals surface area contributed by atoms with Gasteiger partial charge in [-0.15, -0.1) is 0 Å². The van der Waals surface area contributed by atoms with E-state index in [2.05, 4.69) is 24.5 Å². The van der Waals surface area contributed by atoms with Gasteiger partial charge in [-0.1, -0.05) is 38.8 Å². The molecule has 0 aromatic heterocycles. The molecule has 0 bridgehead atoms. The zero-order chi connectivity index (χ0) is 17.9. The van der Waals surface area contributed by atoms with Gasteiger partial charge in [-0.25, -0.2) is 0 Å². The van der Waals surface area contributed by atoms with Crippen molar-refractivity contribution in [3.8, 4) is 0 Å². The standard InChI is InChI=1S/C18H26N2O4/c1-3-5-14(6-4-2)18(24)20-15-9-7-13(8-10-15)11-16(21)19-12-17(22)23/h7-10,14H,3-6,11-12H2,1-2H3,(H,19,21)(H,20,24)(H,22,23). The normalized spacial score (nSPS) is 10.5. The van der Waals surface area contributed by atoms with E-state index >= 15 is 0 Å². The molecule has 0 aliphatic heterocycles. The molecule has 0 radical (unpaired) electrons. The first-order chi connectivity index (χ1) is 11.5. The Morgan fingerprint density at radius 3 is 2.12 bits per heavy atom. The second-order valence-electron chi connectivity index (χ2n) is 5.81. The first kappa shape index (κ1) is 19.7. The third-order valence-corrected chi connectivity index (χ3v) is 3.67. The maximum Gasteiger partial charge on any atom is 0.322 e. The van der Waals surface area contributed by atoms with Gasteiger partial charge in [-0.05, 0) is 30.5 Å². The molecule has 0 atom stereocenters. The lowest BCUT2D eigenvalue weighted by Crippen LogP contribution is -2.30. The van der Waals surface area contributed by atoms with Gasteiger partial charge in [0.05, 0.1) is 6.42 Å². The van der Waals surface area contributed by atoms with Crippen LogP contribution < -0.4 is 10.6 Å². The van der Waals surface area contributed by atoms with Crippen LogP contribution in [0.1, 0.15) is 45.1 Å². The van der Waals surface area contributed by atoms with E-state index in [-0.39, 0.29) is 30.7 Å². The van der Waals surface area contributed by atoms with Gasteiger partial charge in [0.2, 0.25) is 11.8 Å². The van der Waals surface area contributed by atoms with Crippen LogP contribution in [0, 0.1) is 5.92 Å². The third kappa shape index (κ3) is 7.26. The SMILES string of the molecule is CCCC(CCC)C(=O)Nc1ccc(CC(=O)NCC(=O)O)cc1. The third-order valence-electron chi connectivity index (χ3n) is 3.67. The molecule has 0 saturated heterocycles. The number of rotatable bonds is 10. The zero-order valence-corrected chi connectivity index (χ0v) is 14.3. The van der Waals surface area contributed by atoms with Crippen LogP contribution in [0.3, 0.4) is 0 Å². The fourth-order valence-electron chi connectivity index (χ4n) is 2.48. The maximum absolute atomic E-state index is 12.3. The van der Waals surface area contributed by atoms with Crippen molar-refractivity contribution in [3.05, 3.63) is 29.8 Å². The summed E-state index contributed by atoms with van der Waals surface area (Å²) in [6, 6.07) is 7.02. The molecule has 1 rings (SSSR count). The van der Waals surface area contributed by atoms with Gasteiger partial charge in [0.25, 0.3) is 0 Å². The molecule has 0 unspecified atom stereocenters. The van der Waals surface area contributed by atoms with E-state index in [1.54, 1.807) is 24.3 Å². The summed E-state index contributed by atoms with van der Waals surface area (Å²) >= 11 is 0. The molecule has 1 aromatic rings. The van der Waals surface area contributed by atoms with Crippen molar-refractivity contribution in [2.24, 2.45) is 5.92 Å². The van der Waals surface area contributed by atoms with Crippen LogP contribution in [0.25, 0.3) is 0 Å². The summed E-state index contributed by atoms with van der Waals surface area (Å²) in [7, 11) is 0. The van der Waals surface area contributed by atoms with Crippen molar-refractivity contribution >= 4 is 23.5 Å². The number of hydrogen-bond acceptors (Lipinski definition) is 3. The highest BCUT2D eigenvalue weighted by atomic mass is 16.4. The number of carboxylic acid groups (broad SMARTS) is 1. The van der Waals surface area contributed by atoms with Gasteiger partial charge >= 0.3 is 5.97 Å². The average Bonchev–Trinajstić information content (AvgIpc) is 2.54. The smallest absolute Gasteiger partial charge is 0.322 e. The highest BCUT2D eigenvalue weighted by Crippen LogP contribution is 2.17. The van der Waals surface area contributed by atoms with Gasteiger partial charge in [-0.2, -0.15) is 0 Å². The molecule has 0 aliphatic carbocycles. The Labute approximate surface area is 142 Å². The molecule has 2 amide bonds. The first-order valence-electron chi connectivity index (χ1n) is 8.34. The minimum Gasteiger partial charge on any atom is -0.480 e. The molecule has 0 aliphatic rings. The Morgan fingerprint density at radius 2 is 1.62 bits per heavy atom. The predicted molar refractivity (Wildman–Crippen MR) is 92.7 cm³/mol. The molecule has 0 heterocycles. The lowest BCUT2D eigenvalue weighted by Gasteiger charge is -2.15. The largest absolute Gasteiger partial charge is 0.480 e. The summed E-state index contributed by atoms with van der Waals surface area (Å²) < 4.78 is 0. The van der Waals surface area contributed by atoms with Gasteiger partial charge < -0.3 is 15.7 Å². The van der Waals surface area contributed by atoms with Crippen molar-refractivity contribution < 1.29 is 19.5 Å². The second-order valence-corrected chi connectivity index (χ2v) is 5.81. The molecule has 24 heavy (non-hydrogen) atoms. The molecule has 1 aromatic carbocycles. The minimum absolute atomic E-state index is 0.0291. The number of amides is 2. The van der Waals surface area contributed by atoms with Crippen molar-refractivity contribution in [2.75, 3.05) is 11.9 Å². The summed E-state index contributed by atoms with van der Waals surface area (Å²) in [5.74, 6) is -1.36. The summed E-state index contributed by atoms with van der Waals surface area (Å²) in [6.45, 7) is 3.75.